The van der Waals surface area contributed by atoms with Crippen molar-refractivity contribution in [3.8, 4) is 5.75 Å². The molecule has 1 amide bonds. The van der Waals surface area contributed by atoms with E-state index in [1.165, 1.54) is 0 Å². The third kappa shape index (κ3) is 5.01. The number of amides is 1. The number of nitrogens with one attached hydrogen (secondary N) is 1. The monoisotopic (exact) mass is 393 g/mol. The van der Waals surface area contributed by atoms with Crippen LogP contribution in [0.4, 0.5) is 0 Å². The maximum Gasteiger partial charge on any atom is 0.230 e. The summed E-state index contributed by atoms with van der Waals surface area (Å²) in [7, 11) is 1.64. The Bertz CT molecular complexity index is 690. The molecule has 0 heterocycles. The van der Waals surface area contributed by atoms with Crippen LogP contribution in [0.1, 0.15) is 24.1 Å². The fourth-order valence-electron chi connectivity index (χ4n) is 2.30. The first-order chi connectivity index (χ1) is 11.0. The van der Waals surface area contributed by atoms with E-state index in [2.05, 4.69) is 27.3 Å². The Morgan fingerprint density at radius 1 is 1.30 bits per heavy atom. The molecule has 3 nitrogen and oxygen atoms in total. The van der Waals surface area contributed by atoms with Crippen molar-refractivity contribution >= 4 is 33.6 Å². The predicted octanol–water partition coefficient (Wildman–Crippen LogP) is 4.74. The Morgan fingerprint density at radius 3 is 2.74 bits per heavy atom. The zero-order valence-corrected chi connectivity index (χ0v) is 15.8. The molecule has 2 aromatic rings. The Balaban J connectivity index is 1.94. The molecule has 0 spiro atoms. The first kappa shape index (κ1) is 17.9. The SMILES string of the molecule is COc1ccccc1[C@H](C)NC(=O)CSc1ccc(Br)cc1C. The van der Waals surface area contributed by atoms with E-state index < -0.39 is 0 Å². The maximum atomic E-state index is 12.2. The molecule has 0 aliphatic carbocycles. The minimum Gasteiger partial charge on any atom is -0.496 e. The number of para-hydroxylation sites is 1. The summed E-state index contributed by atoms with van der Waals surface area (Å²) >= 11 is 4.99. The van der Waals surface area contributed by atoms with Crippen molar-refractivity contribution in [1.29, 1.82) is 0 Å². The van der Waals surface area contributed by atoms with E-state index in [0.717, 1.165) is 26.2 Å². The minimum absolute atomic E-state index is 0.00993. The maximum absolute atomic E-state index is 12.2. The van der Waals surface area contributed by atoms with Crippen LogP contribution in [-0.4, -0.2) is 18.8 Å². The Kier molecular flexibility index (Phi) is 6.54. The molecule has 0 saturated heterocycles. The number of thioether (sulfide) groups is 1. The molecule has 0 aliphatic heterocycles. The molecule has 1 atom stereocenters. The van der Waals surface area contributed by atoms with E-state index in [4.69, 9.17) is 4.74 Å². The van der Waals surface area contributed by atoms with Gasteiger partial charge in [-0.1, -0.05) is 34.1 Å². The molecule has 122 valence electrons. The van der Waals surface area contributed by atoms with E-state index in [-0.39, 0.29) is 11.9 Å². The summed E-state index contributed by atoms with van der Waals surface area (Å²) in [6.07, 6.45) is 0. The lowest BCUT2D eigenvalue weighted by Crippen LogP contribution is -2.28. The summed E-state index contributed by atoms with van der Waals surface area (Å²) in [6, 6.07) is 13.7. The summed E-state index contributed by atoms with van der Waals surface area (Å²) in [5, 5.41) is 3.02. The zero-order valence-electron chi connectivity index (χ0n) is 13.4. The van der Waals surface area contributed by atoms with Gasteiger partial charge in [0.2, 0.25) is 5.91 Å². The highest BCUT2D eigenvalue weighted by Crippen LogP contribution is 2.26. The van der Waals surface area contributed by atoms with E-state index in [0.29, 0.717) is 5.75 Å². The second-order valence-corrected chi connectivity index (χ2v) is 7.16. The lowest BCUT2D eigenvalue weighted by Gasteiger charge is -2.17. The van der Waals surface area contributed by atoms with E-state index in [9.17, 15) is 4.79 Å². The van der Waals surface area contributed by atoms with Gasteiger partial charge in [-0.05, 0) is 43.7 Å². The third-order valence-electron chi connectivity index (χ3n) is 3.48. The predicted molar refractivity (Wildman–Crippen MR) is 99.2 cm³/mol. The fourth-order valence-corrected chi connectivity index (χ4v) is 3.60. The van der Waals surface area contributed by atoms with E-state index in [1.807, 2.05) is 50.2 Å². The topological polar surface area (TPSA) is 38.3 Å². The smallest absolute Gasteiger partial charge is 0.230 e. The number of carbonyl (C=O) groups excluding carboxylic acids is 1. The number of aryl methyl sites for hydroxylation is 1. The van der Waals surface area contributed by atoms with Crippen molar-refractivity contribution in [3.63, 3.8) is 0 Å². The van der Waals surface area contributed by atoms with Gasteiger partial charge in [-0.2, -0.15) is 0 Å². The van der Waals surface area contributed by atoms with Gasteiger partial charge in [-0.25, -0.2) is 0 Å². The highest BCUT2D eigenvalue weighted by molar-refractivity contribution is 9.10. The fraction of sp³-hybridized carbons (Fsp3) is 0.278. The Labute approximate surface area is 149 Å². The Morgan fingerprint density at radius 2 is 2.04 bits per heavy atom. The lowest BCUT2D eigenvalue weighted by molar-refractivity contribution is -0.119. The molecule has 23 heavy (non-hydrogen) atoms. The molecule has 0 fully saturated rings. The van der Waals surface area contributed by atoms with Crippen LogP contribution in [0.25, 0.3) is 0 Å². The summed E-state index contributed by atoms with van der Waals surface area (Å²) < 4.78 is 6.39. The van der Waals surface area contributed by atoms with Gasteiger partial charge in [-0.15, -0.1) is 11.8 Å². The van der Waals surface area contributed by atoms with Crippen molar-refractivity contribution in [2.24, 2.45) is 0 Å². The average molecular weight is 394 g/mol. The van der Waals surface area contributed by atoms with Crippen LogP contribution in [-0.2, 0) is 4.79 Å². The Hall–Kier alpha value is -1.46. The van der Waals surface area contributed by atoms with Crippen LogP contribution in [0, 0.1) is 6.92 Å². The second kappa shape index (κ2) is 8.41. The van der Waals surface area contributed by atoms with Crippen LogP contribution in [0.5, 0.6) is 5.75 Å². The van der Waals surface area contributed by atoms with Crippen LogP contribution in [0.3, 0.4) is 0 Å². The zero-order chi connectivity index (χ0) is 16.8. The van der Waals surface area contributed by atoms with Gasteiger partial charge in [-0.3, -0.25) is 4.79 Å². The van der Waals surface area contributed by atoms with Gasteiger partial charge < -0.3 is 10.1 Å². The number of hydrogen-bond acceptors (Lipinski definition) is 3. The van der Waals surface area contributed by atoms with Crippen molar-refractivity contribution < 1.29 is 9.53 Å². The standard InChI is InChI=1S/C18H20BrNO2S/c1-12-10-14(19)8-9-17(12)23-11-18(21)20-13(2)15-6-4-5-7-16(15)22-3/h4-10,13H,11H2,1-3H3,(H,20,21)/t13-/m0/s1. The number of rotatable bonds is 6. The third-order valence-corrected chi connectivity index (χ3v) is 5.15. The average Bonchev–Trinajstić information content (AvgIpc) is 2.54. The molecular formula is C18H20BrNO2S. The number of methoxy groups -OCH3 is 1. The number of halogens is 1. The summed E-state index contributed by atoms with van der Waals surface area (Å²) in [4.78, 5) is 13.3. The summed E-state index contributed by atoms with van der Waals surface area (Å²) in [5.74, 6) is 1.19. The number of benzene rings is 2. The molecule has 0 radical (unpaired) electrons. The second-order valence-electron chi connectivity index (χ2n) is 5.23. The number of ether oxygens (including phenoxy) is 1. The van der Waals surface area contributed by atoms with Crippen LogP contribution in [0.15, 0.2) is 51.8 Å². The molecule has 1 N–H and O–H groups in total. The molecular weight excluding hydrogens is 374 g/mol. The molecule has 0 aliphatic rings. The van der Waals surface area contributed by atoms with Crippen LogP contribution >= 0.6 is 27.7 Å². The molecule has 2 aromatic carbocycles. The molecule has 0 bridgehead atoms. The van der Waals surface area contributed by atoms with Crippen molar-refractivity contribution in [1.82, 2.24) is 5.32 Å². The summed E-state index contributed by atoms with van der Waals surface area (Å²) in [5.41, 5.74) is 2.14. The first-order valence-corrected chi connectivity index (χ1v) is 9.10. The molecule has 5 heteroatoms. The molecule has 2 rings (SSSR count). The van der Waals surface area contributed by atoms with E-state index in [1.54, 1.807) is 18.9 Å². The van der Waals surface area contributed by atoms with Crippen molar-refractivity contribution in [2.75, 3.05) is 12.9 Å². The van der Waals surface area contributed by atoms with Crippen LogP contribution < -0.4 is 10.1 Å². The normalized spacial score (nSPS) is 11.8. The van der Waals surface area contributed by atoms with Gasteiger partial charge in [0.15, 0.2) is 0 Å². The molecule has 0 unspecified atom stereocenters. The first-order valence-electron chi connectivity index (χ1n) is 7.32. The van der Waals surface area contributed by atoms with Gasteiger partial charge in [0.1, 0.15) is 5.75 Å². The quantitative estimate of drug-likeness (QED) is 0.720. The number of carbonyl (C=O) groups is 1. The summed E-state index contributed by atoms with van der Waals surface area (Å²) in [6.45, 7) is 4.01. The molecule has 0 aromatic heterocycles. The van der Waals surface area contributed by atoms with Gasteiger partial charge in [0.05, 0.1) is 18.9 Å². The van der Waals surface area contributed by atoms with Crippen LogP contribution in [0.2, 0.25) is 0 Å². The molecule has 0 saturated carbocycles. The van der Waals surface area contributed by atoms with Gasteiger partial charge in [0, 0.05) is 14.9 Å². The lowest BCUT2D eigenvalue weighted by atomic mass is 10.1. The van der Waals surface area contributed by atoms with Gasteiger partial charge in [0.25, 0.3) is 0 Å². The van der Waals surface area contributed by atoms with Gasteiger partial charge >= 0.3 is 0 Å². The minimum atomic E-state index is -0.0923. The highest BCUT2D eigenvalue weighted by atomic mass is 79.9. The number of hydrogen-bond donors (Lipinski definition) is 1. The largest absolute Gasteiger partial charge is 0.496 e. The van der Waals surface area contributed by atoms with Crippen molar-refractivity contribution in [2.45, 2.75) is 24.8 Å². The van der Waals surface area contributed by atoms with Crippen molar-refractivity contribution in [3.05, 3.63) is 58.1 Å². The van der Waals surface area contributed by atoms with E-state index >= 15 is 0 Å². The highest BCUT2D eigenvalue weighted by Gasteiger charge is 2.14.